The van der Waals surface area contributed by atoms with Crippen LogP contribution >= 0.6 is 0 Å². The molecule has 1 rings (SSSR count). The molecule has 0 aromatic heterocycles. The number of rotatable bonds is 3. The largest absolute Gasteiger partial charge is 0.466 e. The van der Waals surface area contributed by atoms with Gasteiger partial charge >= 0.3 is 11.9 Å². The summed E-state index contributed by atoms with van der Waals surface area (Å²) in [5, 5.41) is 0. The number of benzene rings is 1. The SMILES string of the molecule is COC(=O)/C=C/OC(=O)c1ccc(C(C)(C)C)cc1. The van der Waals surface area contributed by atoms with Gasteiger partial charge < -0.3 is 9.47 Å². The lowest BCUT2D eigenvalue weighted by Gasteiger charge is -2.18. The molecule has 1 aromatic carbocycles. The first kappa shape index (κ1) is 15.0. The summed E-state index contributed by atoms with van der Waals surface area (Å²) in [7, 11) is 1.25. The van der Waals surface area contributed by atoms with Gasteiger partial charge in [-0.25, -0.2) is 9.59 Å². The van der Waals surface area contributed by atoms with Gasteiger partial charge in [-0.1, -0.05) is 32.9 Å². The third kappa shape index (κ3) is 4.58. The molecular weight excluding hydrogens is 244 g/mol. The smallest absolute Gasteiger partial charge is 0.342 e. The summed E-state index contributed by atoms with van der Waals surface area (Å²) in [5.74, 6) is -1.09. The van der Waals surface area contributed by atoms with E-state index in [-0.39, 0.29) is 5.41 Å². The molecule has 0 fully saturated rings. The van der Waals surface area contributed by atoms with Crippen LogP contribution in [0.2, 0.25) is 0 Å². The van der Waals surface area contributed by atoms with E-state index in [1.54, 1.807) is 12.1 Å². The van der Waals surface area contributed by atoms with E-state index in [0.717, 1.165) is 17.9 Å². The second-order valence-corrected chi connectivity index (χ2v) is 5.06. The van der Waals surface area contributed by atoms with Gasteiger partial charge in [0.2, 0.25) is 0 Å². The van der Waals surface area contributed by atoms with Crippen molar-refractivity contribution < 1.29 is 19.1 Å². The summed E-state index contributed by atoms with van der Waals surface area (Å²) >= 11 is 0. The molecule has 0 radical (unpaired) electrons. The van der Waals surface area contributed by atoms with E-state index in [1.807, 2.05) is 12.1 Å². The molecule has 0 aliphatic heterocycles. The van der Waals surface area contributed by atoms with Crippen LogP contribution in [-0.2, 0) is 19.7 Å². The van der Waals surface area contributed by atoms with Gasteiger partial charge in [-0.3, -0.25) is 0 Å². The van der Waals surface area contributed by atoms with Crippen LogP contribution in [0.5, 0.6) is 0 Å². The monoisotopic (exact) mass is 262 g/mol. The lowest BCUT2D eigenvalue weighted by atomic mass is 9.87. The Kier molecular flexibility index (Phi) is 4.87. The summed E-state index contributed by atoms with van der Waals surface area (Å²) < 4.78 is 9.18. The van der Waals surface area contributed by atoms with Gasteiger partial charge in [-0.05, 0) is 23.1 Å². The number of esters is 2. The van der Waals surface area contributed by atoms with Gasteiger partial charge in [0, 0.05) is 0 Å². The molecule has 0 heterocycles. The van der Waals surface area contributed by atoms with Gasteiger partial charge in [0.1, 0.15) is 6.26 Å². The Hall–Kier alpha value is -2.10. The van der Waals surface area contributed by atoms with Gasteiger partial charge in [-0.2, -0.15) is 0 Å². The predicted molar refractivity (Wildman–Crippen MR) is 71.7 cm³/mol. The Bertz CT molecular complexity index is 478. The molecule has 0 saturated carbocycles. The summed E-state index contributed by atoms with van der Waals surface area (Å²) in [6.45, 7) is 6.29. The second kappa shape index (κ2) is 6.18. The zero-order valence-electron chi connectivity index (χ0n) is 11.6. The normalized spacial score (nSPS) is 11.4. The molecule has 0 spiro atoms. The quantitative estimate of drug-likeness (QED) is 0.477. The molecule has 19 heavy (non-hydrogen) atoms. The lowest BCUT2D eigenvalue weighted by molar-refractivity contribution is -0.134. The highest BCUT2D eigenvalue weighted by molar-refractivity contribution is 5.90. The number of hydrogen-bond donors (Lipinski definition) is 0. The van der Waals surface area contributed by atoms with E-state index in [1.165, 1.54) is 7.11 Å². The van der Waals surface area contributed by atoms with Crippen molar-refractivity contribution >= 4 is 11.9 Å². The van der Waals surface area contributed by atoms with Crippen molar-refractivity contribution in [1.29, 1.82) is 0 Å². The molecule has 0 atom stereocenters. The fourth-order valence-electron chi connectivity index (χ4n) is 1.39. The van der Waals surface area contributed by atoms with Crippen molar-refractivity contribution in [2.75, 3.05) is 7.11 Å². The van der Waals surface area contributed by atoms with Crippen LogP contribution in [0.25, 0.3) is 0 Å². The third-order valence-corrected chi connectivity index (χ3v) is 2.57. The number of carbonyl (C=O) groups is 2. The van der Waals surface area contributed by atoms with Crippen LogP contribution in [0.4, 0.5) is 0 Å². The first-order valence-electron chi connectivity index (χ1n) is 5.90. The van der Waals surface area contributed by atoms with Crippen LogP contribution < -0.4 is 0 Å². The first-order chi connectivity index (χ1) is 8.84. The summed E-state index contributed by atoms with van der Waals surface area (Å²) in [5.41, 5.74) is 1.60. The topological polar surface area (TPSA) is 52.6 Å². The summed E-state index contributed by atoms with van der Waals surface area (Å²) in [4.78, 5) is 22.4. The predicted octanol–water partition coefficient (Wildman–Crippen LogP) is 2.83. The molecule has 102 valence electrons. The molecule has 1 aromatic rings. The summed E-state index contributed by atoms with van der Waals surface area (Å²) in [6.07, 6.45) is 2.06. The number of methoxy groups -OCH3 is 1. The highest BCUT2D eigenvalue weighted by Gasteiger charge is 2.14. The third-order valence-electron chi connectivity index (χ3n) is 2.57. The average molecular weight is 262 g/mol. The standard InChI is InChI=1S/C15H18O4/c1-15(2,3)12-7-5-11(6-8-12)14(17)19-10-9-13(16)18-4/h5-10H,1-4H3/b10-9+. The first-order valence-corrected chi connectivity index (χ1v) is 5.90. The maximum Gasteiger partial charge on any atom is 0.342 e. The molecule has 0 aliphatic carbocycles. The highest BCUT2D eigenvalue weighted by atomic mass is 16.5. The van der Waals surface area contributed by atoms with Crippen LogP contribution in [0, 0.1) is 0 Å². The maximum absolute atomic E-state index is 11.6. The van der Waals surface area contributed by atoms with Crippen molar-refractivity contribution in [3.8, 4) is 0 Å². The van der Waals surface area contributed by atoms with E-state index in [0.29, 0.717) is 5.56 Å². The summed E-state index contributed by atoms with van der Waals surface area (Å²) in [6, 6.07) is 7.19. The molecule has 0 bridgehead atoms. The van der Waals surface area contributed by atoms with Crippen LogP contribution in [0.1, 0.15) is 36.7 Å². The molecule has 0 aliphatic rings. The molecule has 4 nitrogen and oxygen atoms in total. The Morgan fingerprint density at radius 3 is 2.16 bits per heavy atom. The van der Waals surface area contributed by atoms with Gasteiger partial charge in [0.05, 0.1) is 18.7 Å². The Labute approximate surface area is 113 Å². The second-order valence-electron chi connectivity index (χ2n) is 5.06. The Morgan fingerprint density at radius 2 is 1.68 bits per heavy atom. The maximum atomic E-state index is 11.6. The molecule has 0 unspecified atom stereocenters. The van der Waals surface area contributed by atoms with Crippen molar-refractivity contribution in [2.24, 2.45) is 0 Å². The lowest BCUT2D eigenvalue weighted by Crippen LogP contribution is -2.11. The van der Waals surface area contributed by atoms with E-state index in [9.17, 15) is 9.59 Å². The van der Waals surface area contributed by atoms with Crippen LogP contribution in [-0.4, -0.2) is 19.0 Å². The average Bonchev–Trinajstić information content (AvgIpc) is 2.37. The Balaban J connectivity index is 2.69. The van der Waals surface area contributed by atoms with Crippen molar-refractivity contribution in [2.45, 2.75) is 26.2 Å². The molecular formula is C15H18O4. The molecule has 0 amide bonds. The van der Waals surface area contributed by atoms with Gasteiger partial charge in [0.25, 0.3) is 0 Å². The molecule has 4 heteroatoms. The number of carbonyl (C=O) groups excluding carboxylic acids is 2. The molecule has 0 N–H and O–H groups in total. The molecule has 0 saturated heterocycles. The minimum absolute atomic E-state index is 0.0349. The number of ether oxygens (including phenoxy) is 2. The minimum atomic E-state index is -0.573. The van der Waals surface area contributed by atoms with Crippen molar-refractivity contribution in [3.05, 3.63) is 47.7 Å². The van der Waals surface area contributed by atoms with Gasteiger partial charge in [-0.15, -0.1) is 0 Å². The van der Waals surface area contributed by atoms with E-state index in [4.69, 9.17) is 4.74 Å². The Morgan fingerprint density at radius 1 is 1.11 bits per heavy atom. The van der Waals surface area contributed by atoms with E-state index in [2.05, 4.69) is 25.5 Å². The zero-order chi connectivity index (χ0) is 14.5. The highest BCUT2D eigenvalue weighted by Crippen LogP contribution is 2.22. The van der Waals surface area contributed by atoms with Crippen molar-refractivity contribution in [1.82, 2.24) is 0 Å². The zero-order valence-corrected chi connectivity index (χ0v) is 11.6. The van der Waals surface area contributed by atoms with Crippen molar-refractivity contribution in [3.63, 3.8) is 0 Å². The minimum Gasteiger partial charge on any atom is -0.466 e. The fraction of sp³-hybridized carbons (Fsp3) is 0.333. The van der Waals surface area contributed by atoms with Gasteiger partial charge in [0.15, 0.2) is 0 Å². The van der Waals surface area contributed by atoms with E-state index < -0.39 is 11.9 Å². The fourth-order valence-corrected chi connectivity index (χ4v) is 1.39. The van der Waals surface area contributed by atoms with Crippen LogP contribution in [0.15, 0.2) is 36.6 Å². The van der Waals surface area contributed by atoms with Crippen LogP contribution in [0.3, 0.4) is 0 Å². The number of hydrogen-bond acceptors (Lipinski definition) is 4. The van der Waals surface area contributed by atoms with E-state index >= 15 is 0 Å².